The summed E-state index contributed by atoms with van der Waals surface area (Å²) >= 11 is 0. The molecule has 1 aromatic carbocycles. The summed E-state index contributed by atoms with van der Waals surface area (Å²) in [5.41, 5.74) is -1.67. The van der Waals surface area contributed by atoms with Crippen LogP contribution in [0.5, 0.6) is 0 Å². The van der Waals surface area contributed by atoms with E-state index in [2.05, 4.69) is 5.32 Å². The van der Waals surface area contributed by atoms with E-state index >= 15 is 0 Å². The number of hydrogen-bond donors (Lipinski definition) is 2. The van der Waals surface area contributed by atoms with Crippen molar-refractivity contribution in [2.45, 2.75) is 32.4 Å². The van der Waals surface area contributed by atoms with E-state index in [1.807, 2.05) is 0 Å². The first-order chi connectivity index (χ1) is 8.65. The molecule has 1 amide bonds. The maximum atomic E-state index is 13.6. The molecule has 0 radical (unpaired) electrons. The zero-order chi connectivity index (χ0) is 14.8. The maximum absolute atomic E-state index is 13.6. The molecule has 6 nitrogen and oxygen atoms in total. The molecule has 0 aromatic heterocycles. The summed E-state index contributed by atoms with van der Waals surface area (Å²) < 4.78 is 13.6. The number of aliphatic hydroxyl groups is 1. The molecular formula is C12H15FN2O4. The molecule has 7 heteroatoms. The number of nitrogens with one attached hydrogen (secondary N) is 1. The molecule has 0 aliphatic heterocycles. The van der Waals surface area contributed by atoms with E-state index in [0.29, 0.717) is 6.07 Å². The van der Waals surface area contributed by atoms with Crippen LogP contribution in [0.3, 0.4) is 0 Å². The first-order valence-corrected chi connectivity index (χ1v) is 5.59. The zero-order valence-electron chi connectivity index (χ0n) is 10.8. The Labute approximate surface area is 109 Å². The number of nitro benzene ring substituents is 1. The minimum Gasteiger partial charge on any atom is -0.391 e. The third kappa shape index (κ3) is 3.47. The van der Waals surface area contributed by atoms with Gasteiger partial charge in [0.2, 0.25) is 0 Å². The Bertz CT molecular complexity index is 514. The average Bonchev–Trinajstić information content (AvgIpc) is 2.27. The lowest BCUT2D eigenvalue weighted by molar-refractivity contribution is -0.385. The fourth-order valence-corrected chi connectivity index (χ4v) is 1.27. The van der Waals surface area contributed by atoms with Gasteiger partial charge in [0.15, 0.2) is 0 Å². The number of carbonyl (C=O) groups excluding carboxylic acids is 1. The third-order valence-corrected chi connectivity index (χ3v) is 2.89. The highest BCUT2D eigenvalue weighted by Crippen LogP contribution is 2.18. The summed E-state index contributed by atoms with van der Waals surface area (Å²) in [7, 11) is 0. The molecule has 104 valence electrons. The summed E-state index contributed by atoms with van der Waals surface area (Å²) in [4.78, 5) is 21.5. The molecule has 0 saturated carbocycles. The van der Waals surface area contributed by atoms with Crippen molar-refractivity contribution in [2.75, 3.05) is 0 Å². The van der Waals surface area contributed by atoms with Gasteiger partial charge in [-0.05, 0) is 26.8 Å². The SMILES string of the molecule is CC(O)C(C)(C)NC(=O)c1ccc([N+](=O)[O-])cc1F. The molecule has 0 bridgehead atoms. The fourth-order valence-electron chi connectivity index (χ4n) is 1.27. The first-order valence-electron chi connectivity index (χ1n) is 5.59. The van der Waals surface area contributed by atoms with Crippen molar-refractivity contribution in [3.63, 3.8) is 0 Å². The molecule has 0 fully saturated rings. The minimum atomic E-state index is -0.979. The molecular weight excluding hydrogens is 255 g/mol. The minimum absolute atomic E-state index is 0.306. The van der Waals surface area contributed by atoms with Crippen LogP contribution in [0.2, 0.25) is 0 Å². The number of benzene rings is 1. The van der Waals surface area contributed by atoms with Crippen LogP contribution in [0.25, 0.3) is 0 Å². The Morgan fingerprint density at radius 3 is 2.53 bits per heavy atom. The number of nitrogens with zero attached hydrogens (tertiary/aromatic N) is 1. The number of aliphatic hydroxyl groups excluding tert-OH is 1. The molecule has 19 heavy (non-hydrogen) atoms. The van der Waals surface area contributed by atoms with E-state index in [4.69, 9.17) is 0 Å². The van der Waals surface area contributed by atoms with Gasteiger partial charge in [0, 0.05) is 6.07 Å². The van der Waals surface area contributed by atoms with Gasteiger partial charge in [-0.1, -0.05) is 0 Å². The van der Waals surface area contributed by atoms with Crippen LogP contribution in [0, 0.1) is 15.9 Å². The summed E-state index contributed by atoms with van der Waals surface area (Å²) in [5, 5.41) is 22.4. The van der Waals surface area contributed by atoms with Crippen LogP contribution in [0.4, 0.5) is 10.1 Å². The van der Waals surface area contributed by atoms with E-state index in [0.717, 1.165) is 12.1 Å². The molecule has 0 aliphatic rings. The topological polar surface area (TPSA) is 92.5 Å². The second-order valence-electron chi connectivity index (χ2n) is 4.77. The molecule has 0 spiro atoms. The molecule has 2 N–H and O–H groups in total. The van der Waals surface area contributed by atoms with E-state index in [-0.39, 0.29) is 5.56 Å². The number of halogens is 1. The highest BCUT2D eigenvalue weighted by molar-refractivity contribution is 5.95. The normalized spacial score (nSPS) is 12.9. The van der Waals surface area contributed by atoms with Crippen LogP contribution < -0.4 is 5.32 Å². The maximum Gasteiger partial charge on any atom is 0.272 e. The third-order valence-electron chi connectivity index (χ3n) is 2.89. The van der Waals surface area contributed by atoms with Crippen molar-refractivity contribution in [1.29, 1.82) is 0 Å². The molecule has 0 aliphatic carbocycles. The predicted molar refractivity (Wildman–Crippen MR) is 66.3 cm³/mol. The predicted octanol–water partition coefficient (Wildman–Crippen LogP) is 1.62. The Balaban J connectivity index is 2.99. The van der Waals surface area contributed by atoms with Crippen molar-refractivity contribution in [3.8, 4) is 0 Å². The van der Waals surface area contributed by atoms with Crippen molar-refractivity contribution in [2.24, 2.45) is 0 Å². The number of carbonyl (C=O) groups is 1. The smallest absolute Gasteiger partial charge is 0.272 e. The Morgan fingerprint density at radius 1 is 1.53 bits per heavy atom. The quantitative estimate of drug-likeness (QED) is 0.642. The average molecular weight is 270 g/mol. The molecule has 1 atom stereocenters. The number of amides is 1. The summed E-state index contributed by atoms with van der Waals surface area (Å²) in [5.74, 6) is -1.72. The Kier molecular flexibility index (Phi) is 4.21. The molecule has 1 unspecified atom stereocenters. The van der Waals surface area contributed by atoms with Crippen molar-refractivity contribution >= 4 is 11.6 Å². The molecule has 0 heterocycles. The number of hydrogen-bond acceptors (Lipinski definition) is 4. The van der Waals surface area contributed by atoms with Gasteiger partial charge in [0.25, 0.3) is 11.6 Å². The Hall–Kier alpha value is -2.02. The van der Waals surface area contributed by atoms with Crippen molar-refractivity contribution in [1.82, 2.24) is 5.32 Å². The number of rotatable bonds is 4. The van der Waals surface area contributed by atoms with Crippen molar-refractivity contribution in [3.05, 3.63) is 39.7 Å². The van der Waals surface area contributed by atoms with Gasteiger partial charge in [-0.25, -0.2) is 4.39 Å². The summed E-state index contributed by atoms with van der Waals surface area (Å²) in [6.45, 7) is 4.66. The van der Waals surface area contributed by atoms with Gasteiger partial charge >= 0.3 is 0 Å². The largest absolute Gasteiger partial charge is 0.391 e. The van der Waals surface area contributed by atoms with E-state index < -0.39 is 34.0 Å². The first kappa shape index (κ1) is 15.0. The molecule has 0 saturated heterocycles. The second kappa shape index (κ2) is 5.31. The molecule has 1 rings (SSSR count). The lowest BCUT2D eigenvalue weighted by Crippen LogP contribution is -2.51. The van der Waals surface area contributed by atoms with E-state index in [9.17, 15) is 24.4 Å². The lowest BCUT2D eigenvalue weighted by atomic mass is 9.98. The Morgan fingerprint density at radius 2 is 2.11 bits per heavy atom. The lowest BCUT2D eigenvalue weighted by Gasteiger charge is -2.29. The monoisotopic (exact) mass is 270 g/mol. The van der Waals surface area contributed by atoms with Gasteiger partial charge in [-0.3, -0.25) is 14.9 Å². The van der Waals surface area contributed by atoms with E-state index in [1.54, 1.807) is 13.8 Å². The van der Waals surface area contributed by atoms with Gasteiger partial charge in [0.05, 0.1) is 28.2 Å². The molecule has 1 aromatic rings. The number of non-ortho nitro benzene ring substituents is 1. The summed E-state index contributed by atoms with van der Waals surface area (Å²) in [6, 6.07) is 2.78. The van der Waals surface area contributed by atoms with Gasteiger partial charge in [-0.15, -0.1) is 0 Å². The van der Waals surface area contributed by atoms with Crippen LogP contribution >= 0.6 is 0 Å². The highest BCUT2D eigenvalue weighted by atomic mass is 19.1. The fraction of sp³-hybridized carbons (Fsp3) is 0.417. The van der Waals surface area contributed by atoms with Crippen LogP contribution in [0.15, 0.2) is 18.2 Å². The number of nitro groups is 1. The van der Waals surface area contributed by atoms with E-state index in [1.165, 1.54) is 6.92 Å². The van der Waals surface area contributed by atoms with Gasteiger partial charge < -0.3 is 10.4 Å². The summed E-state index contributed by atoms with van der Waals surface area (Å²) in [6.07, 6.45) is -0.836. The van der Waals surface area contributed by atoms with Crippen molar-refractivity contribution < 1.29 is 19.2 Å². The second-order valence-corrected chi connectivity index (χ2v) is 4.77. The van der Waals surface area contributed by atoms with Crippen LogP contribution in [-0.4, -0.2) is 27.6 Å². The van der Waals surface area contributed by atoms with Gasteiger partial charge in [-0.2, -0.15) is 0 Å². The zero-order valence-corrected chi connectivity index (χ0v) is 10.8. The standard InChI is InChI=1S/C12H15FN2O4/c1-7(16)12(2,3)14-11(17)9-5-4-8(15(18)19)6-10(9)13/h4-7,16H,1-3H3,(H,14,17). The highest BCUT2D eigenvalue weighted by Gasteiger charge is 2.28. The van der Waals surface area contributed by atoms with Crippen LogP contribution in [-0.2, 0) is 0 Å². The van der Waals surface area contributed by atoms with Gasteiger partial charge in [0.1, 0.15) is 5.82 Å². The van der Waals surface area contributed by atoms with Crippen LogP contribution in [0.1, 0.15) is 31.1 Å².